The summed E-state index contributed by atoms with van der Waals surface area (Å²) >= 11 is 17.2. The van der Waals surface area contributed by atoms with E-state index in [1.807, 2.05) is 0 Å². The Morgan fingerprint density at radius 3 is 1.62 bits per heavy atom. The molecule has 1 aliphatic heterocycles. The number of halogens is 2. The summed E-state index contributed by atoms with van der Waals surface area (Å²) in [5, 5.41) is 1.51. The molecule has 1 saturated heterocycles. The Kier molecular flexibility index (Phi) is 10.6. The lowest BCUT2D eigenvalue weighted by molar-refractivity contribution is 0.469. The highest BCUT2D eigenvalue weighted by atomic mass is 35.5. The third-order valence-corrected chi connectivity index (χ3v) is 21.6. The molecule has 5 heteroatoms. The molecule has 3 aromatic carbocycles. The van der Waals surface area contributed by atoms with E-state index in [4.69, 9.17) is 23.2 Å². The van der Waals surface area contributed by atoms with E-state index in [1.165, 1.54) is 131 Å². The van der Waals surface area contributed by atoms with Gasteiger partial charge in [0.1, 0.15) is 5.82 Å². The Morgan fingerprint density at radius 2 is 1.11 bits per heavy atom. The molecule has 282 valence electrons. The monoisotopic (exact) mass is 766 g/mol. The summed E-state index contributed by atoms with van der Waals surface area (Å²) in [6, 6.07) is 18.8. The minimum atomic E-state index is -2.16. The van der Waals surface area contributed by atoms with Crippen LogP contribution in [0.5, 0.6) is 0 Å². The maximum absolute atomic E-state index is 9.17. The first-order valence-corrected chi connectivity index (χ1v) is 23.6. The number of benzene rings is 3. The van der Waals surface area contributed by atoms with Crippen LogP contribution >= 0.6 is 30.1 Å². The summed E-state index contributed by atoms with van der Waals surface area (Å²) in [6.45, 7) is 13.4. The molecule has 0 radical (unpaired) electrons. The molecule has 0 N–H and O–H groups in total. The molecule has 2 atom stereocenters. The van der Waals surface area contributed by atoms with E-state index in [-0.39, 0.29) is 5.38 Å². The van der Waals surface area contributed by atoms with Gasteiger partial charge in [0.05, 0.1) is 9.99 Å². The highest BCUT2D eigenvalue weighted by Crippen LogP contribution is 2.79. The summed E-state index contributed by atoms with van der Waals surface area (Å²) in [5.74, 6) is 1.30. The number of aryl methyl sites for hydroxylation is 6. The van der Waals surface area contributed by atoms with Crippen molar-refractivity contribution in [2.45, 2.75) is 146 Å². The zero-order valence-corrected chi connectivity index (χ0v) is 35.6. The van der Waals surface area contributed by atoms with E-state index < -0.39 is 11.5 Å². The van der Waals surface area contributed by atoms with Crippen molar-refractivity contribution in [3.63, 3.8) is 0 Å². The largest absolute Gasteiger partial charge is 0.325 e. The van der Waals surface area contributed by atoms with Crippen LogP contribution in [0.25, 0.3) is 6.08 Å². The van der Waals surface area contributed by atoms with Gasteiger partial charge >= 0.3 is 0 Å². The Morgan fingerprint density at radius 1 is 0.623 bits per heavy atom. The van der Waals surface area contributed by atoms with E-state index in [9.17, 15) is 0 Å². The van der Waals surface area contributed by atoms with Crippen molar-refractivity contribution < 1.29 is 0 Å². The lowest BCUT2D eigenvalue weighted by Crippen LogP contribution is -2.46. The van der Waals surface area contributed by atoms with Crippen molar-refractivity contribution in [1.82, 2.24) is 0 Å². The SMILES string of the molecule is Cc1cc(C)c(N2CCN(c3c(C)cc(C)cc3C)C2=C2C(Cl)CCCC2(Cl)P(=C2C=Cc3ccccc32)(C2CCCCC2)C2CCCCC2)c(C)c1. The van der Waals surface area contributed by atoms with Crippen LogP contribution in [0.1, 0.15) is 128 Å². The van der Waals surface area contributed by atoms with Crippen LogP contribution in [0.15, 0.2) is 66.0 Å². The number of allylic oxidation sites excluding steroid dienone is 2. The van der Waals surface area contributed by atoms with Crippen LogP contribution in [-0.4, -0.2) is 39.7 Å². The number of alkyl halides is 2. The number of rotatable bonds is 5. The standard InChI is InChI=1S/C48H61Cl2N2P/c1-32-28-34(3)45(35(4)29-32)51-26-27-52(46-36(5)30-33(2)31-37(46)6)47(51)44-42(49)22-15-25-48(44,50)53(39-17-9-7-10-18-39,40-19-11-8-12-20-40)43-24-23-38-16-13-14-21-41(38)43/h13-14,16,21,23-24,28-31,39-40,42H,7-12,15,17-20,22,25-27H2,1-6H3. The van der Waals surface area contributed by atoms with Gasteiger partial charge in [-0.2, -0.15) is 0 Å². The normalized spacial score (nSPS) is 24.5. The maximum Gasteiger partial charge on any atom is 0.116 e. The van der Waals surface area contributed by atoms with Crippen molar-refractivity contribution in [1.29, 1.82) is 0 Å². The van der Waals surface area contributed by atoms with E-state index in [1.54, 1.807) is 5.29 Å². The first-order chi connectivity index (χ1) is 25.6. The Labute approximate surface area is 331 Å². The second kappa shape index (κ2) is 14.9. The van der Waals surface area contributed by atoms with Gasteiger partial charge in [0, 0.05) is 30.0 Å². The van der Waals surface area contributed by atoms with Gasteiger partial charge in [-0.25, -0.2) is 0 Å². The second-order valence-electron chi connectivity index (χ2n) is 17.3. The summed E-state index contributed by atoms with van der Waals surface area (Å²) in [5.41, 5.74) is 16.1. The maximum atomic E-state index is 9.17. The van der Waals surface area contributed by atoms with Gasteiger partial charge < -0.3 is 9.80 Å². The molecule has 0 bridgehead atoms. The van der Waals surface area contributed by atoms with Crippen molar-refractivity contribution in [2.24, 2.45) is 0 Å². The van der Waals surface area contributed by atoms with Crippen molar-refractivity contribution in [2.75, 3.05) is 22.9 Å². The minimum Gasteiger partial charge on any atom is -0.325 e. The van der Waals surface area contributed by atoms with Crippen LogP contribution in [0.2, 0.25) is 0 Å². The van der Waals surface area contributed by atoms with Gasteiger partial charge in [0.15, 0.2) is 0 Å². The average molecular weight is 768 g/mol. The van der Waals surface area contributed by atoms with E-state index >= 15 is 0 Å². The third kappa shape index (κ3) is 6.21. The molecule has 3 saturated carbocycles. The number of nitrogens with zero attached hydrogens (tertiary/aromatic N) is 2. The van der Waals surface area contributed by atoms with Crippen LogP contribution in [-0.2, 0) is 0 Å². The molecule has 53 heavy (non-hydrogen) atoms. The second-order valence-corrected chi connectivity index (χ2v) is 23.0. The molecular formula is C48H61Cl2N2P. The molecule has 0 spiro atoms. The van der Waals surface area contributed by atoms with Crippen molar-refractivity contribution in [3.8, 4) is 0 Å². The quantitative estimate of drug-likeness (QED) is 0.188. The molecule has 5 aliphatic rings. The van der Waals surface area contributed by atoms with Gasteiger partial charge in [-0.05, 0) is 136 Å². The number of hydrogen-bond donors (Lipinski definition) is 0. The van der Waals surface area contributed by atoms with Gasteiger partial charge in [0.2, 0.25) is 0 Å². The summed E-state index contributed by atoms with van der Waals surface area (Å²) in [7, 11) is 0. The molecule has 4 aliphatic carbocycles. The van der Waals surface area contributed by atoms with Crippen LogP contribution < -0.4 is 9.80 Å². The van der Waals surface area contributed by atoms with Crippen molar-refractivity contribution >= 4 is 52.8 Å². The molecule has 2 nitrogen and oxygen atoms in total. The molecule has 3 aromatic rings. The summed E-state index contributed by atoms with van der Waals surface area (Å²) in [6.07, 6.45) is 21.3. The summed E-state index contributed by atoms with van der Waals surface area (Å²) in [4.78, 5) is 5.38. The van der Waals surface area contributed by atoms with E-state index in [0.717, 1.165) is 32.4 Å². The zero-order chi connectivity index (χ0) is 37.1. The Hall–Kier alpha value is -2.38. The van der Waals surface area contributed by atoms with Crippen LogP contribution in [0, 0.1) is 41.5 Å². The van der Waals surface area contributed by atoms with E-state index in [0.29, 0.717) is 11.3 Å². The molecule has 0 aromatic heterocycles. The fourth-order valence-electron chi connectivity index (χ4n) is 12.1. The lowest BCUT2D eigenvalue weighted by atomic mass is 9.91. The minimum absolute atomic E-state index is 0.121. The predicted molar refractivity (Wildman–Crippen MR) is 235 cm³/mol. The van der Waals surface area contributed by atoms with E-state index in [2.05, 4.69) is 112 Å². The highest BCUT2D eigenvalue weighted by Gasteiger charge is 2.59. The van der Waals surface area contributed by atoms with Gasteiger partial charge in [-0.1, -0.05) is 117 Å². The smallest absolute Gasteiger partial charge is 0.116 e. The Bertz CT molecular complexity index is 1880. The fourth-order valence-corrected chi connectivity index (χ4v) is 21.5. The van der Waals surface area contributed by atoms with Gasteiger partial charge in [0.25, 0.3) is 0 Å². The number of hydrogen-bond acceptors (Lipinski definition) is 2. The molecule has 8 rings (SSSR count). The van der Waals surface area contributed by atoms with Gasteiger partial charge in [-0.3, -0.25) is 0 Å². The van der Waals surface area contributed by atoms with Crippen molar-refractivity contribution in [3.05, 3.63) is 111 Å². The first kappa shape index (κ1) is 37.5. The Balaban J connectivity index is 1.51. The van der Waals surface area contributed by atoms with Crippen LogP contribution in [0.4, 0.5) is 11.4 Å². The number of fused-ring (bicyclic) bond motifs is 1. The molecule has 1 heterocycles. The van der Waals surface area contributed by atoms with Crippen LogP contribution in [0.3, 0.4) is 0 Å². The third-order valence-electron chi connectivity index (χ3n) is 13.7. The summed E-state index contributed by atoms with van der Waals surface area (Å²) < 4.78 is -0.534. The average Bonchev–Trinajstić information content (AvgIpc) is 3.74. The fraction of sp³-hybridized carbons (Fsp3) is 0.521. The lowest BCUT2D eigenvalue weighted by Gasteiger charge is -2.58. The zero-order valence-electron chi connectivity index (χ0n) is 33.2. The van der Waals surface area contributed by atoms with Gasteiger partial charge in [-0.15, -0.1) is 23.2 Å². The molecular weight excluding hydrogens is 706 g/mol. The highest BCUT2D eigenvalue weighted by molar-refractivity contribution is 7.81. The predicted octanol–water partition coefficient (Wildman–Crippen LogP) is 13.7. The molecule has 4 fully saturated rings. The molecule has 2 unspecified atom stereocenters. The molecule has 0 amide bonds. The first-order valence-electron chi connectivity index (χ1n) is 20.9. The number of anilines is 2. The topological polar surface area (TPSA) is 6.48 Å².